The lowest BCUT2D eigenvalue weighted by Crippen LogP contribution is -2.51. The first-order chi connectivity index (χ1) is 19.2. The van der Waals surface area contributed by atoms with Crippen LogP contribution in [0.3, 0.4) is 0 Å². The Morgan fingerprint density at radius 1 is 1.15 bits per heavy atom. The molecule has 1 N–H and O–H groups in total. The van der Waals surface area contributed by atoms with Gasteiger partial charge < -0.3 is 10.2 Å². The molecule has 0 bridgehead atoms. The van der Waals surface area contributed by atoms with Crippen LogP contribution in [0.25, 0.3) is 0 Å². The molecule has 1 aliphatic heterocycles. The van der Waals surface area contributed by atoms with Gasteiger partial charge in [0.2, 0.25) is 6.58 Å². The van der Waals surface area contributed by atoms with Crippen molar-refractivity contribution in [2.45, 2.75) is 71.0 Å². The predicted molar refractivity (Wildman–Crippen MR) is 154 cm³/mol. The summed E-state index contributed by atoms with van der Waals surface area (Å²) in [5.74, 6) is 0.440. The zero-order chi connectivity index (χ0) is 28.9. The molecule has 1 atom stereocenters. The second-order valence-corrected chi connectivity index (χ2v) is 11.1. The number of nitrogens with one attached hydrogen (secondary N) is 1. The molecule has 1 unspecified atom stereocenters. The van der Waals surface area contributed by atoms with Gasteiger partial charge in [0.1, 0.15) is 23.7 Å². The Morgan fingerprint density at radius 2 is 1.80 bits per heavy atom. The SMILES string of the molecule is [CH+]=C(CNC(=O)c1ccc(C(CCC)N2C(=O)C(c3ccc(F)cc3)=NC23CCC(C(C)C)CC3)cc1)N=NC. The van der Waals surface area contributed by atoms with Crippen molar-refractivity contribution in [1.29, 1.82) is 0 Å². The Bertz CT molecular complexity index is 1280. The van der Waals surface area contributed by atoms with Crippen molar-refractivity contribution in [2.75, 3.05) is 13.6 Å². The van der Waals surface area contributed by atoms with Crippen molar-refractivity contribution in [3.8, 4) is 0 Å². The van der Waals surface area contributed by atoms with Crippen LogP contribution in [-0.2, 0) is 4.79 Å². The van der Waals surface area contributed by atoms with E-state index < -0.39 is 5.66 Å². The second-order valence-electron chi connectivity index (χ2n) is 11.1. The van der Waals surface area contributed by atoms with Crippen LogP contribution in [0.15, 0.2) is 69.4 Å². The summed E-state index contributed by atoms with van der Waals surface area (Å²) in [5, 5.41) is 10.1. The zero-order valence-electron chi connectivity index (χ0n) is 23.9. The summed E-state index contributed by atoms with van der Waals surface area (Å²) >= 11 is 0. The third-order valence-electron chi connectivity index (χ3n) is 8.17. The molecule has 1 spiro atoms. The van der Waals surface area contributed by atoms with Crippen LogP contribution in [0, 0.1) is 24.2 Å². The second kappa shape index (κ2) is 12.6. The molecule has 210 valence electrons. The van der Waals surface area contributed by atoms with Gasteiger partial charge in [0.05, 0.1) is 6.04 Å². The minimum atomic E-state index is -0.636. The van der Waals surface area contributed by atoms with Crippen LogP contribution < -0.4 is 5.32 Å². The summed E-state index contributed by atoms with van der Waals surface area (Å²) in [4.78, 5) is 33.9. The number of amides is 2. The Labute approximate surface area is 236 Å². The average molecular weight is 545 g/mol. The Hall–Kier alpha value is -3.77. The molecule has 40 heavy (non-hydrogen) atoms. The van der Waals surface area contributed by atoms with Gasteiger partial charge in [0, 0.05) is 18.2 Å². The molecule has 8 heteroatoms. The number of rotatable bonds is 10. The molecule has 2 aromatic rings. The summed E-state index contributed by atoms with van der Waals surface area (Å²) in [6.07, 6.45) is 5.20. The first-order valence-electron chi connectivity index (χ1n) is 14.2. The van der Waals surface area contributed by atoms with Gasteiger partial charge in [-0.3, -0.25) is 14.6 Å². The molecule has 1 heterocycles. The number of azo groups is 1. The fourth-order valence-corrected chi connectivity index (χ4v) is 5.97. The molecular weight excluding hydrogens is 505 g/mol. The Morgan fingerprint density at radius 3 is 2.38 bits per heavy atom. The summed E-state index contributed by atoms with van der Waals surface area (Å²) in [6, 6.07) is 13.2. The lowest BCUT2D eigenvalue weighted by atomic mass is 9.76. The topological polar surface area (TPSA) is 86.5 Å². The maximum absolute atomic E-state index is 14.2. The maximum atomic E-state index is 14.2. The van der Waals surface area contributed by atoms with Crippen LogP contribution in [-0.4, -0.2) is 41.7 Å². The first-order valence-corrected chi connectivity index (χ1v) is 14.2. The molecule has 0 saturated heterocycles. The lowest BCUT2D eigenvalue weighted by Gasteiger charge is -2.46. The molecule has 1 fully saturated rings. The van der Waals surface area contributed by atoms with Crippen molar-refractivity contribution < 1.29 is 14.0 Å². The standard InChI is InChI=1S/C32H38FN5O2/c1-6-7-28(24-8-10-26(11-9-24)30(39)35-20-22(4)37-34-5)38-31(40)29(25-12-14-27(33)15-13-25)36-32(38)18-16-23(17-19-32)21(2)3/h4,8-15,21,23,28H,6-7,16-20H2,1-3,5H3/p+1. The van der Waals surface area contributed by atoms with E-state index in [1.165, 1.54) is 19.2 Å². The van der Waals surface area contributed by atoms with Crippen molar-refractivity contribution in [3.63, 3.8) is 0 Å². The molecule has 4 rings (SSSR count). The number of hydrogen-bond acceptors (Lipinski definition) is 5. The minimum Gasteiger partial charge on any atom is -0.341 e. The third-order valence-corrected chi connectivity index (χ3v) is 8.17. The third kappa shape index (κ3) is 6.18. The smallest absolute Gasteiger partial charge is 0.313 e. The largest absolute Gasteiger partial charge is 0.341 e. The van der Waals surface area contributed by atoms with Crippen LogP contribution >= 0.6 is 0 Å². The zero-order valence-corrected chi connectivity index (χ0v) is 23.9. The summed E-state index contributed by atoms with van der Waals surface area (Å²) in [5.41, 5.74) is 2.07. The van der Waals surface area contributed by atoms with Crippen LogP contribution in [0.4, 0.5) is 4.39 Å². The molecule has 1 saturated carbocycles. The molecule has 2 aromatic carbocycles. The average Bonchev–Trinajstić information content (AvgIpc) is 3.22. The highest BCUT2D eigenvalue weighted by molar-refractivity contribution is 6.46. The number of benzene rings is 2. The maximum Gasteiger partial charge on any atom is 0.313 e. The highest BCUT2D eigenvalue weighted by Crippen LogP contribution is 2.48. The van der Waals surface area contributed by atoms with Crippen LogP contribution in [0.2, 0.25) is 0 Å². The minimum absolute atomic E-state index is 0.0993. The number of hydrogen-bond donors (Lipinski definition) is 1. The van der Waals surface area contributed by atoms with E-state index in [0.29, 0.717) is 28.7 Å². The van der Waals surface area contributed by atoms with E-state index in [9.17, 15) is 14.0 Å². The van der Waals surface area contributed by atoms with Crippen molar-refractivity contribution in [1.82, 2.24) is 10.2 Å². The van der Waals surface area contributed by atoms with Gasteiger partial charge in [-0.15, -0.1) is 5.11 Å². The van der Waals surface area contributed by atoms with E-state index in [4.69, 9.17) is 11.6 Å². The van der Waals surface area contributed by atoms with E-state index >= 15 is 0 Å². The molecule has 2 aliphatic rings. The number of nitrogens with zero attached hydrogens (tertiary/aromatic N) is 4. The normalized spacial score (nSPS) is 21.7. The summed E-state index contributed by atoms with van der Waals surface area (Å²) in [6.45, 7) is 12.4. The summed E-state index contributed by atoms with van der Waals surface area (Å²) in [7, 11) is 1.51. The number of carbonyl (C=O) groups excluding carboxylic acids is 2. The van der Waals surface area contributed by atoms with E-state index in [1.54, 1.807) is 24.3 Å². The van der Waals surface area contributed by atoms with Gasteiger partial charge in [0.25, 0.3) is 11.8 Å². The quantitative estimate of drug-likeness (QED) is 0.268. The molecule has 1 aliphatic carbocycles. The Balaban J connectivity index is 1.65. The fourth-order valence-electron chi connectivity index (χ4n) is 5.97. The van der Waals surface area contributed by atoms with Gasteiger partial charge in [0.15, 0.2) is 0 Å². The van der Waals surface area contributed by atoms with Gasteiger partial charge in [-0.2, -0.15) is 5.11 Å². The summed E-state index contributed by atoms with van der Waals surface area (Å²) < 4.78 is 13.7. The lowest BCUT2D eigenvalue weighted by molar-refractivity contribution is -0.133. The van der Waals surface area contributed by atoms with Gasteiger partial charge in [-0.1, -0.05) is 39.3 Å². The monoisotopic (exact) mass is 544 g/mol. The van der Waals surface area contributed by atoms with Crippen LogP contribution in [0.1, 0.15) is 86.8 Å². The molecule has 2 amide bonds. The predicted octanol–water partition coefficient (Wildman–Crippen LogP) is 6.67. The molecule has 0 radical (unpaired) electrons. The molecule has 0 aromatic heterocycles. The number of aliphatic imine (C=N–C) groups is 1. The highest BCUT2D eigenvalue weighted by atomic mass is 19.1. The highest BCUT2D eigenvalue weighted by Gasteiger charge is 2.51. The van der Waals surface area contributed by atoms with Crippen molar-refractivity contribution in [3.05, 3.63) is 83.3 Å². The van der Waals surface area contributed by atoms with Gasteiger partial charge in [-0.25, -0.2) is 4.39 Å². The number of carbonyl (C=O) groups is 2. The van der Waals surface area contributed by atoms with Crippen molar-refractivity contribution in [2.24, 2.45) is 27.1 Å². The van der Waals surface area contributed by atoms with Crippen LogP contribution in [0.5, 0.6) is 0 Å². The van der Waals surface area contributed by atoms with Gasteiger partial charge in [-0.05, 0) is 85.9 Å². The van der Waals surface area contributed by atoms with Crippen molar-refractivity contribution >= 4 is 17.5 Å². The van der Waals surface area contributed by atoms with E-state index in [1.807, 2.05) is 17.0 Å². The molecular formula is C32H39FN5O2+. The van der Waals surface area contributed by atoms with E-state index in [-0.39, 0.29) is 35.9 Å². The fraction of sp³-hybridized carbons (Fsp3) is 0.469. The van der Waals surface area contributed by atoms with E-state index in [0.717, 1.165) is 44.1 Å². The first kappa shape index (κ1) is 29.2. The van der Waals surface area contributed by atoms with Gasteiger partial charge >= 0.3 is 5.70 Å². The molecule has 7 nitrogen and oxygen atoms in total. The Kier molecular flexibility index (Phi) is 9.21. The number of halogens is 1. The van der Waals surface area contributed by atoms with E-state index in [2.05, 4.69) is 36.3 Å².